The zero-order chi connectivity index (χ0) is 26.4. The largest absolute Gasteiger partial charge is 0.426 e. The third-order valence-electron chi connectivity index (χ3n) is 6.11. The molecule has 38 heavy (non-hydrogen) atoms. The van der Waals surface area contributed by atoms with Crippen molar-refractivity contribution in [1.29, 1.82) is 0 Å². The molecule has 0 saturated heterocycles. The van der Waals surface area contributed by atoms with Crippen molar-refractivity contribution in [3.05, 3.63) is 104 Å². The van der Waals surface area contributed by atoms with Gasteiger partial charge in [0.05, 0.1) is 17.0 Å². The fourth-order valence-electron chi connectivity index (χ4n) is 4.32. The minimum absolute atomic E-state index is 0.0955. The van der Waals surface area contributed by atoms with Crippen molar-refractivity contribution in [3.8, 4) is 16.8 Å². The molecule has 6 rings (SSSR count). The number of hydrogen-bond donors (Lipinski definition) is 0. The summed E-state index contributed by atoms with van der Waals surface area (Å²) in [5.41, 5.74) is 3.55. The minimum atomic E-state index is -0.463. The smallest absolute Gasteiger partial charge is 0.219 e. The van der Waals surface area contributed by atoms with E-state index in [1.165, 1.54) is 29.7 Å². The highest BCUT2D eigenvalue weighted by Crippen LogP contribution is 2.39. The normalized spacial score (nSPS) is 14.2. The molecule has 1 aromatic carbocycles. The highest BCUT2D eigenvalue weighted by atomic mass is 35.5. The van der Waals surface area contributed by atoms with Crippen molar-refractivity contribution < 1.29 is 8.81 Å². The van der Waals surface area contributed by atoms with Gasteiger partial charge >= 0.3 is 0 Å². The maximum atomic E-state index is 14.2. The molecule has 5 heterocycles. The number of hydrogen-bond acceptors (Lipinski definition) is 8. The first-order chi connectivity index (χ1) is 18.4. The van der Waals surface area contributed by atoms with E-state index >= 15 is 0 Å². The fourth-order valence-corrected chi connectivity index (χ4v) is 5.67. The van der Waals surface area contributed by atoms with Crippen molar-refractivity contribution in [2.45, 2.75) is 33.2 Å². The summed E-state index contributed by atoms with van der Waals surface area (Å²) in [7, 11) is 0. The third-order valence-corrected chi connectivity index (χ3v) is 7.55. The maximum absolute atomic E-state index is 14.2. The molecule has 8 nitrogen and oxygen atoms in total. The number of aliphatic imine (C=N–C) groups is 1. The molecule has 0 radical (unpaired) electrons. The van der Waals surface area contributed by atoms with E-state index in [1.54, 1.807) is 6.92 Å². The Hall–Kier alpha value is -4.20. The summed E-state index contributed by atoms with van der Waals surface area (Å²) in [4.78, 5) is 10.0. The highest BCUT2D eigenvalue weighted by molar-refractivity contribution is 7.15. The number of aromatic nitrogens is 6. The van der Waals surface area contributed by atoms with Crippen LogP contribution in [0, 0.1) is 38.4 Å². The predicted octanol–water partition coefficient (Wildman–Crippen LogP) is 5.36. The molecule has 5 aromatic rings. The third kappa shape index (κ3) is 4.30. The Morgan fingerprint density at radius 1 is 1.05 bits per heavy atom. The van der Waals surface area contributed by atoms with E-state index in [4.69, 9.17) is 21.0 Å². The first kappa shape index (κ1) is 24.2. The van der Waals surface area contributed by atoms with Gasteiger partial charge in [-0.05, 0) is 55.5 Å². The van der Waals surface area contributed by atoms with Crippen LogP contribution in [0.15, 0.2) is 52.0 Å². The van der Waals surface area contributed by atoms with Crippen LogP contribution in [-0.4, -0.2) is 35.7 Å². The molecule has 0 unspecified atom stereocenters. The highest BCUT2D eigenvalue weighted by Gasteiger charge is 2.32. The van der Waals surface area contributed by atoms with Crippen LogP contribution in [0.5, 0.6) is 0 Å². The molecule has 1 atom stereocenters. The second kappa shape index (κ2) is 9.59. The number of aryl methyl sites for hydroxylation is 2. The number of rotatable bonds is 3. The molecule has 1 aliphatic heterocycles. The minimum Gasteiger partial charge on any atom is -0.426 e. The molecule has 0 N–H and O–H groups in total. The van der Waals surface area contributed by atoms with Gasteiger partial charge in [-0.25, -0.2) is 9.37 Å². The molecule has 0 spiro atoms. The SMILES string of the molecule is Cc1nnc(C[C@@H]2N=C(c3ccc(Cl)cc3)c3c(sc(C#Cc4ncccc4F)c3C)-n3c(C)nnc32)o1. The van der Waals surface area contributed by atoms with Crippen LogP contribution < -0.4 is 0 Å². The lowest BCUT2D eigenvalue weighted by atomic mass is 9.99. The average Bonchev–Trinajstić information content (AvgIpc) is 3.56. The second-order valence-electron chi connectivity index (χ2n) is 8.68. The standard InChI is InChI=1S/C27H19ClFN7OS/c1-14-22(11-10-20-19(29)5-4-12-30-20)38-27-24(14)25(17-6-8-18(28)9-7-17)31-21(13-23-34-33-16(3)37-23)26-35-32-15(2)36(26)27/h4-9,12,21H,13H2,1-3H3/t21-/m0/s1. The van der Waals surface area contributed by atoms with Crippen molar-refractivity contribution >= 4 is 28.6 Å². The van der Waals surface area contributed by atoms with Gasteiger partial charge < -0.3 is 4.42 Å². The maximum Gasteiger partial charge on any atom is 0.219 e. The Morgan fingerprint density at radius 2 is 1.87 bits per heavy atom. The van der Waals surface area contributed by atoms with Crippen LogP contribution >= 0.6 is 22.9 Å². The molecule has 0 amide bonds. The zero-order valence-corrected chi connectivity index (χ0v) is 22.1. The Balaban J connectivity index is 1.57. The van der Waals surface area contributed by atoms with E-state index in [-0.39, 0.29) is 5.69 Å². The van der Waals surface area contributed by atoms with Crippen LogP contribution in [0.3, 0.4) is 0 Å². The summed E-state index contributed by atoms with van der Waals surface area (Å²) < 4.78 is 21.9. The molecular formula is C27H19ClFN7OS. The van der Waals surface area contributed by atoms with Gasteiger partial charge in [0, 0.05) is 29.3 Å². The summed E-state index contributed by atoms with van der Waals surface area (Å²) in [6.07, 6.45) is 1.88. The molecule has 4 aromatic heterocycles. The molecule has 0 saturated carbocycles. The fraction of sp³-hybridized carbons (Fsp3) is 0.185. The summed E-state index contributed by atoms with van der Waals surface area (Å²) >= 11 is 7.68. The summed E-state index contributed by atoms with van der Waals surface area (Å²) in [5.74, 6) is 7.85. The Morgan fingerprint density at radius 3 is 2.61 bits per heavy atom. The van der Waals surface area contributed by atoms with Crippen molar-refractivity contribution in [1.82, 2.24) is 29.9 Å². The Bertz CT molecular complexity index is 1770. The van der Waals surface area contributed by atoms with Gasteiger partial charge in [0.15, 0.2) is 11.6 Å². The molecule has 0 bridgehead atoms. The average molecular weight is 544 g/mol. The molecule has 1 aliphatic rings. The van der Waals surface area contributed by atoms with Gasteiger partial charge in [0.1, 0.15) is 22.6 Å². The molecule has 0 fully saturated rings. The monoisotopic (exact) mass is 543 g/mol. The van der Waals surface area contributed by atoms with E-state index in [9.17, 15) is 4.39 Å². The van der Waals surface area contributed by atoms with E-state index in [0.29, 0.717) is 34.9 Å². The first-order valence-corrected chi connectivity index (χ1v) is 12.9. The lowest BCUT2D eigenvalue weighted by molar-refractivity contribution is 0.447. The van der Waals surface area contributed by atoms with E-state index in [1.807, 2.05) is 42.7 Å². The number of fused-ring (bicyclic) bond motifs is 3. The van der Waals surface area contributed by atoms with Crippen molar-refractivity contribution in [2.75, 3.05) is 0 Å². The summed E-state index contributed by atoms with van der Waals surface area (Å²) in [5, 5.41) is 18.5. The molecule has 188 valence electrons. The van der Waals surface area contributed by atoms with Crippen LogP contribution in [0.1, 0.15) is 56.7 Å². The number of benzene rings is 1. The molecule has 0 aliphatic carbocycles. The van der Waals surface area contributed by atoms with Crippen LogP contribution in [0.25, 0.3) is 5.00 Å². The lowest BCUT2D eigenvalue weighted by Gasteiger charge is -2.11. The van der Waals surface area contributed by atoms with Crippen molar-refractivity contribution in [2.24, 2.45) is 4.99 Å². The summed E-state index contributed by atoms with van der Waals surface area (Å²) in [6, 6.07) is 9.98. The van der Waals surface area contributed by atoms with Crippen LogP contribution in [0.2, 0.25) is 5.02 Å². The van der Waals surface area contributed by atoms with E-state index in [0.717, 1.165) is 32.3 Å². The number of pyridine rings is 1. The Kier molecular flexibility index (Phi) is 6.10. The molecule has 11 heteroatoms. The van der Waals surface area contributed by atoms with Crippen LogP contribution in [0.4, 0.5) is 4.39 Å². The van der Waals surface area contributed by atoms with Gasteiger partial charge in [-0.3, -0.25) is 9.56 Å². The number of halogens is 2. The quantitative estimate of drug-likeness (QED) is 0.284. The number of thiophene rings is 1. The summed E-state index contributed by atoms with van der Waals surface area (Å²) in [6.45, 7) is 5.63. The van der Waals surface area contributed by atoms with Crippen LogP contribution in [-0.2, 0) is 6.42 Å². The topological polar surface area (TPSA) is 94.9 Å². The van der Waals surface area contributed by atoms with Gasteiger partial charge in [-0.15, -0.1) is 31.7 Å². The Labute approximate surface area is 226 Å². The predicted molar refractivity (Wildman–Crippen MR) is 141 cm³/mol. The number of nitrogens with zero attached hydrogens (tertiary/aromatic N) is 7. The van der Waals surface area contributed by atoms with E-state index < -0.39 is 11.9 Å². The van der Waals surface area contributed by atoms with Gasteiger partial charge in [-0.1, -0.05) is 23.7 Å². The zero-order valence-electron chi connectivity index (χ0n) is 20.5. The van der Waals surface area contributed by atoms with Gasteiger partial charge in [0.2, 0.25) is 11.8 Å². The molecular weight excluding hydrogens is 525 g/mol. The van der Waals surface area contributed by atoms with E-state index in [2.05, 4.69) is 37.2 Å². The second-order valence-corrected chi connectivity index (χ2v) is 10.1. The van der Waals surface area contributed by atoms with Gasteiger partial charge in [-0.2, -0.15) is 0 Å². The van der Waals surface area contributed by atoms with Gasteiger partial charge in [0.25, 0.3) is 0 Å². The first-order valence-electron chi connectivity index (χ1n) is 11.7. The lowest BCUT2D eigenvalue weighted by Crippen LogP contribution is -2.09. The van der Waals surface area contributed by atoms with Crippen molar-refractivity contribution in [3.63, 3.8) is 0 Å².